The van der Waals surface area contributed by atoms with Crippen LogP contribution in [0, 0.1) is 0 Å². The van der Waals surface area contributed by atoms with Gasteiger partial charge in [-0.05, 0) is 88.6 Å². The minimum absolute atomic E-state index is 0.886. The molecule has 8 aromatic carbocycles. The van der Waals surface area contributed by atoms with Crippen molar-refractivity contribution in [2.45, 2.75) is 0 Å². The van der Waals surface area contributed by atoms with Gasteiger partial charge in [0.2, 0.25) is 0 Å². The van der Waals surface area contributed by atoms with E-state index in [0.717, 1.165) is 55.1 Å². The van der Waals surface area contributed by atoms with Gasteiger partial charge in [0, 0.05) is 53.6 Å². The predicted molar refractivity (Wildman–Crippen MR) is 223 cm³/mol. The molecule has 3 nitrogen and oxygen atoms in total. The molecule has 0 amide bonds. The summed E-state index contributed by atoms with van der Waals surface area (Å²) < 4.78 is 10.0. The molecule has 0 spiro atoms. The van der Waals surface area contributed by atoms with E-state index in [4.69, 9.17) is 9.40 Å². The van der Waals surface area contributed by atoms with Crippen LogP contribution in [0.5, 0.6) is 0 Å². The largest absolute Gasteiger partial charge is 0.456 e. The first-order valence-corrected chi connectivity index (χ1v) is 19.0. The summed E-state index contributed by atoms with van der Waals surface area (Å²) in [5.41, 5.74) is 9.66. The number of furan rings is 1. The predicted octanol–water partition coefficient (Wildman–Crippen LogP) is 14.5. The fourth-order valence-electron chi connectivity index (χ4n) is 7.65. The average molecular weight is 701 g/mol. The summed E-state index contributed by atoms with van der Waals surface area (Å²) in [5, 5.41) is 8.30. The molecule has 3 heterocycles. The van der Waals surface area contributed by atoms with Gasteiger partial charge in [0.15, 0.2) is 0 Å². The first-order valence-electron chi connectivity index (χ1n) is 17.4. The van der Waals surface area contributed by atoms with Crippen molar-refractivity contribution in [1.29, 1.82) is 0 Å². The topological polar surface area (TPSA) is 29.3 Å². The normalized spacial score (nSPS) is 11.8. The molecule has 0 saturated heterocycles. The number of hydrogen-bond acceptors (Lipinski definition) is 5. The molecule has 0 bridgehead atoms. The summed E-state index contributed by atoms with van der Waals surface area (Å²) in [6.45, 7) is 0. The van der Waals surface area contributed by atoms with Crippen LogP contribution in [-0.2, 0) is 0 Å². The number of rotatable bonds is 5. The Bertz CT molecular complexity index is 3130. The number of fused-ring (bicyclic) bond motifs is 9. The van der Waals surface area contributed by atoms with E-state index in [1.54, 1.807) is 11.3 Å². The highest BCUT2D eigenvalue weighted by molar-refractivity contribution is 7.28. The Hall–Kier alpha value is -6.27. The van der Waals surface area contributed by atoms with Crippen molar-refractivity contribution in [3.05, 3.63) is 170 Å². The molecule has 0 fully saturated rings. The molecule has 0 saturated carbocycles. The van der Waals surface area contributed by atoms with Crippen LogP contribution in [0.4, 0.5) is 17.1 Å². The Balaban J connectivity index is 1.11. The maximum atomic E-state index is 6.25. The molecule has 0 unspecified atom stereocenters. The van der Waals surface area contributed by atoms with E-state index in [1.807, 2.05) is 23.5 Å². The molecule has 244 valence electrons. The zero-order valence-electron chi connectivity index (χ0n) is 27.8. The Morgan fingerprint density at radius 2 is 1.15 bits per heavy atom. The second-order valence-electron chi connectivity index (χ2n) is 13.1. The molecule has 0 aliphatic rings. The van der Waals surface area contributed by atoms with E-state index in [9.17, 15) is 0 Å². The van der Waals surface area contributed by atoms with E-state index in [2.05, 4.69) is 163 Å². The number of anilines is 3. The maximum absolute atomic E-state index is 6.25. The molecular weight excluding hydrogens is 673 g/mol. The van der Waals surface area contributed by atoms with Crippen LogP contribution in [0.3, 0.4) is 0 Å². The van der Waals surface area contributed by atoms with Crippen LogP contribution in [-0.4, -0.2) is 4.98 Å². The first kappa shape index (κ1) is 29.5. The quantitative estimate of drug-likeness (QED) is 0.179. The highest BCUT2D eigenvalue weighted by Crippen LogP contribution is 2.46. The molecule has 0 aliphatic carbocycles. The lowest BCUT2D eigenvalue weighted by atomic mass is 9.98. The number of hydrogen-bond donors (Lipinski definition) is 0. The lowest BCUT2D eigenvalue weighted by Crippen LogP contribution is -2.09. The van der Waals surface area contributed by atoms with E-state index < -0.39 is 0 Å². The van der Waals surface area contributed by atoms with Gasteiger partial charge in [0.25, 0.3) is 0 Å². The van der Waals surface area contributed by atoms with Crippen LogP contribution in [0.1, 0.15) is 0 Å². The third-order valence-electron chi connectivity index (χ3n) is 10.1. The van der Waals surface area contributed by atoms with E-state index in [1.165, 1.54) is 46.8 Å². The van der Waals surface area contributed by atoms with Crippen molar-refractivity contribution >= 4 is 103 Å². The molecule has 3 aromatic heterocycles. The van der Waals surface area contributed by atoms with Crippen molar-refractivity contribution in [2.24, 2.45) is 0 Å². The van der Waals surface area contributed by atoms with Crippen molar-refractivity contribution in [2.75, 3.05) is 4.90 Å². The minimum Gasteiger partial charge on any atom is -0.456 e. The van der Waals surface area contributed by atoms with Gasteiger partial charge in [-0.15, -0.1) is 22.7 Å². The van der Waals surface area contributed by atoms with E-state index >= 15 is 0 Å². The number of aromatic nitrogens is 1. The summed E-state index contributed by atoms with van der Waals surface area (Å²) in [6.07, 6.45) is 0. The zero-order chi connectivity index (χ0) is 34.2. The van der Waals surface area contributed by atoms with Gasteiger partial charge in [-0.2, -0.15) is 0 Å². The van der Waals surface area contributed by atoms with Crippen molar-refractivity contribution in [3.63, 3.8) is 0 Å². The molecule has 11 rings (SSSR count). The average Bonchev–Trinajstić information content (AvgIpc) is 3.91. The Kier molecular flexibility index (Phi) is 6.59. The fraction of sp³-hybridized carbons (Fsp3) is 0. The molecule has 0 aliphatic heterocycles. The summed E-state index contributed by atoms with van der Waals surface area (Å²) in [6, 6.07) is 60.8. The molecule has 0 radical (unpaired) electrons. The molecule has 52 heavy (non-hydrogen) atoms. The van der Waals surface area contributed by atoms with Gasteiger partial charge >= 0.3 is 0 Å². The summed E-state index contributed by atoms with van der Waals surface area (Å²) in [7, 11) is 0. The van der Waals surface area contributed by atoms with Gasteiger partial charge < -0.3 is 9.32 Å². The second-order valence-corrected chi connectivity index (χ2v) is 15.2. The number of thiazole rings is 1. The van der Waals surface area contributed by atoms with Crippen LogP contribution >= 0.6 is 22.7 Å². The molecular formula is C47H28N2OS2. The maximum Gasteiger partial charge on any atom is 0.135 e. The van der Waals surface area contributed by atoms with Gasteiger partial charge in [0.1, 0.15) is 16.2 Å². The third-order valence-corrected chi connectivity index (χ3v) is 12.4. The van der Waals surface area contributed by atoms with E-state index in [0.29, 0.717) is 0 Å². The van der Waals surface area contributed by atoms with Crippen LogP contribution in [0.15, 0.2) is 174 Å². The smallest absolute Gasteiger partial charge is 0.135 e. The molecule has 11 aromatic rings. The lowest BCUT2D eigenvalue weighted by molar-refractivity contribution is 0.669. The highest BCUT2D eigenvalue weighted by atomic mass is 32.1. The molecule has 5 heteroatoms. The van der Waals surface area contributed by atoms with Gasteiger partial charge in [-0.1, -0.05) is 103 Å². The SMILES string of the molecule is c1ccc(-c2nc3ccc4sc5ccc(N(c6ccc(-c7cccc8ccccc78)cc6)c6ccc7oc8ccccc8c7c6)cc5c4c3s2)cc1. The summed E-state index contributed by atoms with van der Waals surface area (Å²) >= 11 is 3.63. The second kappa shape index (κ2) is 11.6. The van der Waals surface area contributed by atoms with Gasteiger partial charge in [-0.3, -0.25) is 0 Å². The van der Waals surface area contributed by atoms with Crippen molar-refractivity contribution < 1.29 is 4.42 Å². The number of benzene rings is 8. The van der Waals surface area contributed by atoms with Gasteiger partial charge in [0.05, 0.1) is 10.2 Å². The van der Waals surface area contributed by atoms with Crippen molar-refractivity contribution in [1.82, 2.24) is 4.98 Å². The Labute approximate surface area is 307 Å². The van der Waals surface area contributed by atoms with Gasteiger partial charge in [-0.25, -0.2) is 4.98 Å². The number of thiophene rings is 1. The highest BCUT2D eigenvalue weighted by Gasteiger charge is 2.19. The lowest BCUT2D eigenvalue weighted by Gasteiger charge is -2.26. The standard InChI is InChI=1S/C47H28N2OS2/c1-2-10-31(11-3-1)47-48-40-23-26-44-45(46(40)52-47)39-28-34(22-25-43(39)51-44)49(33-21-24-42-38(27-33)37-14-6-7-16-41(37)50-42)32-19-17-30(18-20-32)36-15-8-12-29-9-4-5-13-35(29)36/h1-28H. The van der Waals surface area contributed by atoms with Crippen LogP contribution in [0.2, 0.25) is 0 Å². The Morgan fingerprint density at radius 1 is 0.462 bits per heavy atom. The monoisotopic (exact) mass is 700 g/mol. The minimum atomic E-state index is 0.886. The first-order chi connectivity index (χ1) is 25.7. The van der Waals surface area contributed by atoms with Crippen molar-refractivity contribution in [3.8, 4) is 21.7 Å². The van der Waals surface area contributed by atoms with Crippen LogP contribution < -0.4 is 4.90 Å². The molecule has 0 N–H and O–H groups in total. The third kappa shape index (κ3) is 4.67. The summed E-state index contributed by atoms with van der Waals surface area (Å²) in [4.78, 5) is 7.45. The molecule has 0 atom stereocenters. The van der Waals surface area contributed by atoms with E-state index in [-0.39, 0.29) is 0 Å². The zero-order valence-corrected chi connectivity index (χ0v) is 29.4. The van der Waals surface area contributed by atoms with Crippen LogP contribution in [0.25, 0.3) is 84.8 Å². The fourth-order valence-corrected chi connectivity index (χ4v) is 9.94. The number of nitrogens with zero attached hydrogens (tertiary/aromatic N) is 2. The Morgan fingerprint density at radius 3 is 2.04 bits per heavy atom. The number of para-hydroxylation sites is 1. The summed E-state index contributed by atoms with van der Waals surface area (Å²) in [5.74, 6) is 0.